The molecule has 0 aromatic carbocycles. The Balaban J connectivity index is 1.59. The number of hydrogen-bond donors (Lipinski definition) is 1. The Kier molecular flexibility index (Phi) is 1.92. The molecule has 2 bridgehead atoms. The zero-order valence-corrected chi connectivity index (χ0v) is 9.71. The number of nitrogens with one attached hydrogen (secondary N) is 1. The smallest absolute Gasteiger partial charge is 0.243 e. The van der Waals surface area contributed by atoms with Crippen molar-refractivity contribution >= 4 is 11.6 Å². The third-order valence-electron chi connectivity index (χ3n) is 4.29. The number of pyridine rings is 1. The van der Waals surface area contributed by atoms with E-state index < -0.39 is 0 Å². The minimum atomic E-state index is 0.603. The summed E-state index contributed by atoms with van der Waals surface area (Å²) in [6.07, 6.45) is 7.47. The van der Waals surface area contributed by atoms with Gasteiger partial charge in [0, 0.05) is 12.2 Å². The maximum absolute atomic E-state index is 4.50. The molecule has 17 heavy (non-hydrogen) atoms. The minimum absolute atomic E-state index is 0.603. The van der Waals surface area contributed by atoms with Crippen LogP contribution in [0.5, 0.6) is 0 Å². The van der Waals surface area contributed by atoms with Crippen molar-refractivity contribution < 1.29 is 0 Å². The third kappa shape index (κ3) is 1.51. The Morgan fingerprint density at radius 1 is 1.24 bits per heavy atom. The van der Waals surface area contributed by atoms with Gasteiger partial charge >= 0.3 is 0 Å². The van der Waals surface area contributed by atoms with Gasteiger partial charge in [0.25, 0.3) is 0 Å². The van der Waals surface area contributed by atoms with E-state index in [9.17, 15) is 0 Å². The van der Waals surface area contributed by atoms with Gasteiger partial charge < -0.3 is 5.32 Å². The van der Waals surface area contributed by atoms with Gasteiger partial charge in [0.2, 0.25) is 5.95 Å². The fraction of sp³-hybridized carbons (Fsp3) is 0.538. The second-order valence-electron chi connectivity index (χ2n) is 5.36. The molecular weight excluding hydrogens is 212 g/mol. The number of fused-ring (bicyclic) bond motifs is 3. The fourth-order valence-corrected chi connectivity index (χ4v) is 3.48. The minimum Gasteiger partial charge on any atom is -0.350 e. The lowest BCUT2D eigenvalue weighted by Gasteiger charge is -2.21. The first-order valence-electron chi connectivity index (χ1n) is 6.46. The quantitative estimate of drug-likeness (QED) is 0.857. The third-order valence-corrected chi connectivity index (χ3v) is 4.29. The van der Waals surface area contributed by atoms with E-state index in [1.807, 2.05) is 28.9 Å². The molecule has 2 aliphatic rings. The molecule has 4 heteroatoms. The second kappa shape index (κ2) is 3.45. The van der Waals surface area contributed by atoms with Crippen LogP contribution in [0, 0.1) is 11.8 Å². The van der Waals surface area contributed by atoms with Gasteiger partial charge in [-0.05, 0) is 43.2 Å². The van der Waals surface area contributed by atoms with Gasteiger partial charge in [-0.1, -0.05) is 12.5 Å². The summed E-state index contributed by atoms with van der Waals surface area (Å²) in [6, 6.07) is 6.55. The predicted molar refractivity (Wildman–Crippen MR) is 65.8 cm³/mol. The Hall–Kier alpha value is -1.58. The van der Waals surface area contributed by atoms with E-state index in [1.54, 1.807) is 0 Å². The van der Waals surface area contributed by atoms with E-state index in [-0.39, 0.29) is 0 Å². The molecule has 0 spiro atoms. The average Bonchev–Trinajstić information content (AvgIpc) is 3.01. The molecule has 2 heterocycles. The molecular formula is C13H16N4. The maximum Gasteiger partial charge on any atom is 0.243 e. The normalized spacial score (nSPS) is 31.2. The Morgan fingerprint density at radius 3 is 3.00 bits per heavy atom. The van der Waals surface area contributed by atoms with Crippen LogP contribution in [0.15, 0.2) is 24.4 Å². The van der Waals surface area contributed by atoms with Crippen LogP contribution in [0.1, 0.15) is 25.7 Å². The summed E-state index contributed by atoms with van der Waals surface area (Å²) < 4.78 is 1.83. The molecule has 2 fully saturated rings. The zero-order valence-electron chi connectivity index (χ0n) is 9.71. The van der Waals surface area contributed by atoms with Crippen LogP contribution in [0.2, 0.25) is 0 Å². The number of anilines is 1. The molecule has 0 amide bonds. The van der Waals surface area contributed by atoms with E-state index in [4.69, 9.17) is 0 Å². The molecule has 3 unspecified atom stereocenters. The standard InChI is InChI=1S/C13H16N4/c1-2-6-17-12(3-1)15-13(16-17)14-11-8-9-4-5-10(11)7-9/h1-3,6,9-11H,4-5,7-8H2,(H,14,16). The Bertz CT molecular complexity index is 514. The molecule has 2 aliphatic carbocycles. The number of nitrogens with zero attached hydrogens (tertiary/aromatic N) is 3. The summed E-state index contributed by atoms with van der Waals surface area (Å²) in [7, 11) is 0. The zero-order chi connectivity index (χ0) is 11.2. The van der Waals surface area contributed by atoms with Crippen molar-refractivity contribution in [3.63, 3.8) is 0 Å². The summed E-state index contributed by atoms with van der Waals surface area (Å²) in [4.78, 5) is 4.50. The topological polar surface area (TPSA) is 42.2 Å². The fourth-order valence-electron chi connectivity index (χ4n) is 3.48. The molecule has 3 atom stereocenters. The molecule has 4 nitrogen and oxygen atoms in total. The summed E-state index contributed by atoms with van der Waals surface area (Å²) in [5.41, 5.74) is 0.915. The summed E-state index contributed by atoms with van der Waals surface area (Å²) >= 11 is 0. The van der Waals surface area contributed by atoms with Gasteiger partial charge in [0.1, 0.15) is 0 Å². The highest BCUT2D eigenvalue weighted by Gasteiger charge is 2.39. The first kappa shape index (κ1) is 9.45. The van der Waals surface area contributed by atoms with Crippen LogP contribution in [-0.4, -0.2) is 20.6 Å². The van der Waals surface area contributed by atoms with Crippen molar-refractivity contribution in [3.8, 4) is 0 Å². The van der Waals surface area contributed by atoms with Crippen LogP contribution < -0.4 is 5.32 Å². The van der Waals surface area contributed by atoms with Crippen molar-refractivity contribution in [1.29, 1.82) is 0 Å². The predicted octanol–water partition coefficient (Wildman–Crippen LogP) is 2.33. The summed E-state index contributed by atoms with van der Waals surface area (Å²) in [5.74, 6) is 2.59. The lowest BCUT2D eigenvalue weighted by Crippen LogP contribution is -2.26. The number of rotatable bonds is 2. The van der Waals surface area contributed by atoms with E-state index in [2.05, 4.69) is 15.4 Å². The number of hydrogen-bond acceptors (Lipinski definition) is 3. The van der Waals surface area contributed by atoms with Crippen LogP contribution in [-0.2, 0) is 0 Å². The Labute approximate surface area is 100 Å². The van der Waals surface area contributed by atoms with E-state index >= 15 is 0 Å². The molecule has 1 N–H and O–H groups in total. The molecule has 0 saturated heterocycles. The second-order valence-corrected chi connectivity index (χ2v) is 5.36. The van der Waals surface area contributed by atoms with Gasteiger partial charge in [-0.2, -0.15) is 4.98 Å². The summed E-state index contributed by atoms with van der Waals surface area (Å²) in [5, 5.41) is 7.97. The first-order valence-corrected chi connectivity index (χ1v) is 6.46. The van der Waals surface area contributed by atoms with Gasteiger partial charge in [-0.15, -0.1) is 5.10 Å². The van der Waals surface area contributed by atoms with Crippen molar-refractivity contribution in [2.24, 2.45) is 11.8 Å². The SMILES string of the molecule is c1ccn2nc(NC3CC4CCC3C4)nc2c1. The van der Waals surface area contributed by atoms with Crippen molar-refractivity contribution in [2.75, 3.05) is 5.32 Å². The van der Waals surface area contributed by atoms with Gasteiger partial charge in [-0.25, -0.2) is 4.52 Å². The highest BCUT2D eigenvalue weighted by atomic mass is 15.3. The lowest BCUT2D eigenvalue weighted by molar-refractivity contribution is 0.438. The van der Waals surface area contributed by atoms with Crippen LogP contribution in [0.3, 0.4) is 0 Å². The van der Waals surface area contributed by atoms with Crippen LogP contribution in [0.4, 0.5) is 5.95 Å². The molecule has 2 aromatic rings. The monoisotopic (exact) mass is 228 g/mol. The van der Waals surface area contributed by atoms with E-state index in [0.717, 1.165) is 23.4 Å². The van der Waals surface area contributed by atoms with Gasteiger partial charge in [0.15, 0.2) is 5.65 Å². The van der Waals surface area contributed by atoms with E-state index in [1.165, 1.54) is 25.7 Å². The molecule has 4 rings (SSSR count). The van der Waals surface area contributed by atoms with Crippen molar-refractivity contribution in [2.45, 2.75) is 31.7 Å². The average molecular weight is 228 g/mol. The van der Waals surface area contributed by atoms with Crippen LogP contribution >= 0.6 is 0 Å². The maximum atomic E-state index is 4.50. The molecule has 88 valence electrons. The van der Waals surface area contributed by atoms with E-state index in [0.29, 0.717) is 6.04 Å². The highest BCUT2D eigenvalue weighted by Crippen LogP contribution is 2.45. The van der Waals surface area contributed by atoms with Gasteiger partial charge in [-0.3, -0.25) is 0 Å². The van der Waals surface area contributed by atoms with Crippen molar-refractivity contribution in [3.05, 3.63) is 24.4 Å². The largest absolute Gasteiger partial charge is 0.350 e. The first-order chi connectivity index (χ1) is 8.38. The van der Waals surface area contributed by atoms with Gasteiger partial charge in [0.05, 0.1) is 0 Å². The Morgan fingerprint density at radius 2 is 2.24 bits per heavy atom. The molecule has 0 aliphatic heterocycles. The molecule has 0 radical (unpaired) electrons. The molecule has 2 aromatic heterocycles. The summed E-state index contributed by atoms with van der Waals surface area (Å²) in [6.45, 7) is 0. The lowest BCUT2D eigenvalue weighted by atomic mass is 9.95. The van der Waals surface area contributed by atoms with Crippen molar-refractivity contribution in [1.82, 2.24) is 14.6 Å². The number of aromatic nitrogens is 3. The van der Waals surface area contributed by atoms with Crippen LogP contribution in [0.25, 0.3) is 5.65 Å². The molecule has 2 saturated carbocycles. The highest BCUT2D eigenvalue weighted by molar-refractivity contribution is 5.43.